The Morgan fingerprint density at radius 3 is 2.63 bits per heavy atom. The molecule has 0 bridgehead atoms. The van der Waals surface area contributed by atoms with Crippen molar-refractivity contribution in [3.8, 4) is 5.75 Å². The average molecular weight is 421 g/mol. The van der Waals surface area contributed by atoms with Gasteiger partial charge in [0.1, 0.15) is 5.75 Å². The summed E-state index contributed by atoms with van der Waals surface area (Å²) >= 11 is 5.92. The first-order valence-electron chi connectivity index (χ1n) is 9.74. The lowest BCUT2D eigenvalue weighted by Gasteiger charge is -2.30. The second-order valence-corrected chi connectivity index (χ2v) is 7.54. The molecule has 0 spiro atoms. The van der Waals surface area contributed by atoms with Crippen molar-refractivity contribution in [2.45, 2.75) is 19.4 Å². The number of hydrogen-bond acceptors (Lipinski definition) is 3. The van der Waals surface area contributed by atoms with Crippen molar-refractivity contribution in [3.63, 3.8) is 0 Å². The highest BCUT2D eigenvalue weighted by Crippen LogP contribution is 2.31. The maximum Gasteiger partial charge on any atom is 0.262 e. The summed E-state index contributed by atoms with van der Waals surface area (Å²) in [5.74, 6) is 0.388. The average Bonchev–Trinajstić information content (AvgIpc) is 2.75. The van der Waals surface area contributed by atoms with Gasteiger partial charge in [0.05, 0.1) is 6.54 Å². The van der Waals surface area contributed by atoms with Crippen LogP contribution in [0.25, 0.3) is 0 Å². The Hall–Kier alpha value is -3.31. The molecule has 3 aromatic carbocycles. The highest BCUT2D eigenvalue weighted by atomic mass is 35.5. The molecule has 0 unspecified atom stereocenters. The van der Waals surface area contributed by atoms with Crippen molar-refractivity contribution in [2.75, 3.05) is 16.8 Å². The predicted octanol–water partition coefficient (Wildman–Crippen LogP) is 4.84. The van der Waals surface area contributed by atoms with Gasteiger partial charge in [-0.2, -0.15) is 0 Å². The van der Waals surface area contributed by atoms with Crippen molar-refractivity contribution in [1.82, 2.24) is 0 Å². The van der Waals surface area contributed by atoms with Crippen LogP contribution in [0.1, 0.15) is 17.5 Å². The molecule has 1 heterocycles. The largest absolute Gasteiger partial charge is 0.484 e. The Balaban J connectivity index is 1.43. The van der Waals surface area contributed by atoms with E-state index in [1.165, 1.54) is 0 Å². The lowest BCUT2D eigenvalue weighted by atomic mass is 9.99. The minimum Gasteiger partial charge on any atom is -0.484 e. The third kappa shape index (κ3) is 4.81. The molecule has 0 aromatic heterocycles. The van der Waals surface area contributed by atoms with Crippen LogP contribution in [0, 0.1) is 0 Å². The molecule has 30 heavy (non-hydrogen) atoms. The Morgan fingerprint density at radius 2 is 1.83 bits per heavy atom. The molecule has 4 rings (SSSR count). The van der Waals surface area contributed by atoms with Crippen LogP contribution < -0.4 is 15.0 Å². The van der Waals surface area contributed by atoms with Gasteiger partial charge in [0.15, 0.2) is 6.61 Å². The van der Waals surface area contributed by atoms with E-state index in [9.17, 15) is 9.59 Å². The fourth-order valence-corrected chi connectivity index (χ4v) is 3.66. The van der Waals surface area contributed by atoms with Gasteiger partial charge in [0.25, 0.3) is 5.91 Å². The summed E-state index contributed by atoms with van der Waals surface area (Å²) in [7, 11) is 0. The highest BCUT2D eigenvalue weighted by molar-refractivity contribution is 6.30. The Kier molecular flexibility index (Phi) is 6.00. The number of hydrogen-bond donors (Lipinski definition) is 1. The van der Waals surface area contributed by atoms with E-state index in [1.54, 1.807) is 24.3 Å². The van der Waals surface area contributed by atoms with Crippen molar-refractivity contribution >= 4 is 34.8 Å². The summed E-state index contributed by atoms with van der Waals surface area (Å²) in [6, 6.07) is 22.5. The standard InChI is InChI=1S/C24H21ClN2O3/c25-19-7-4-8-21(14-19)30-16-23(28)26-20-10-11-22-18(13-20)9-12-24(29)27(22)15-17-5-2-1-3-6-17/h1-8,10-11,13-14H,9,12,15-16H2,(H,26,28). The molecule has 152 valence electrons. The maximum absolute atomic E-state index is 12.5. The zero-order valence-electron chi connectivity index (χ0n) is 16.3. The number of halogens is 1. The van der Waals surface area contributed by atoms with Gasteiger partial charge in [-0.25, -0.2) is 0 Å². The highest BCUT2D eigenvalue weighted by Gasteiger charge is 2.24. The monoisotopic (exact) mass is 420 g/mol. The van der Waals surface area contributed by atoms with Crippen molar-refractivity contribution in [2.24, 2.45) is 0 Å². The number of carbonyl (C=O) groups is 2. The normalized spacial score (nSPS) is 13.0. The lowest BCUT2D eigenvalue weighted by Crippen LogP contribution is -2.34. The summed E-state index contributed by atoms with van der Waals surface area (Å²) in [5.41, 5.74) is 3.69. The number of rotatable bonds is 6. The van der Waals surface area contributed by atoms with Gasteiger partial charge in [0, 0.05) is 22.8 Å². The summed E-state index contributed by atoms with van der Waals surface area (Å²) < 4.78 is 5.48. The molecule has 1 N–H and O–H groups in total. The number of ether oxygens (including phenoxy) is 1. The molecule has 5 nitrogen and oxygen atoms in total. The molecule has 2 amide bonds. The molecule has 1 aliphatic rings. The Morgan fingerprint density at radius 1 is 1.00 bits per heavy atom. The van der Waals surface area contributed by atoms with E-state index >= 15 is 0 Å². The summed E-state index contributed by atoms with van der Waals surface area (Å²) in [5, 5.41) is 3.41. The van der Waals surface area contributed by atoms with Crippen LogP contribution >= 0.6 is 11.6 Å². The topological polar surface area (TPSA) is 58.6 Å². The van der Waals surface area contributed by atoms with Gasteiger partial charge < -0.3 is 15.0 Å². The molecule has 3 aromatic rings. The number of nitrogens with zero attached hydrogens (tertiary/aromatic N) is 1. The molecule has 0 atom stereocenters. The molecule has 0 aliphatic carbocycles. The van der Waals surface area contributed by atoms with Crippen LogP contribution in [0.5, 0.6) is 5.75 Å². The van der Waals surface area contributed by atoms with Crippen LogP contribution in [0.3, 0.4) is 0 Å². The molecular weight excluding hydrogens is 400 g/mol. The number of carbonyl (C=O) groups excluding carboxylic acids is 2. The fourth-order valence-electron chi connectivity index (χ4n) is 3.48. The molecule has 0 radical (unpaired) electrons. The molecule has 6 heteroatoms. The number of aryl methyl sites for hydroxylation is 1. The fraction of sp³-hybridized carbons (Fsp3) is 0.167. The molecule has 0 saturated heterocycles. The number of anilines is 2. The number of fused-ring (bicyclic) bond motifs is 1. The van der Waals surface area contributed by atoms with Gasteiger partial charge in [-0.1, -0.05) is 48.0 Å². The quantitative estimate of drug-likeness (QED) is 0.621. The van der Waals surface area contributed by atoms with E-state index in [2.05, 4.69) is 5.32 Å². The lowest BCUT2D eigenvalue weighted by molar-refractivity contribution is -0.119. The van der Waals surface area contributed by atoms with Crippen molar-refractivity contribution in [3.05, 3.63) is 88.9 Å². The van der Waals surface area contributed by atoms with Crippen molar-refractivity contribution < 1.29 is 14.3 Å². The molecule has 0 fully saturated rings. The van der Waals surface area contributed by atoms with Crippen LogP contribution in [-0.4, -0.2) is 18.4 Å². The number of nitrogens with one attached hydrogen (secondary N) is 1. The zero-order valence-corrected chi connectivity index (χ0v) is 17.1. The smallest absolute Gasteiger partial charge is 0.262 e. The van der Waals surface area contributed by atoms with Crippen LogP contribution in [-0.2, 0) is 22.6 Å². The first-order valence-corrected chi connectivity index (χ1v) is 10.1. The van der Waals surface area contributed by atoms with E-state index in [4.69, 9.17) is 16.3 Å². The number of amides is 2. The number of benzene rings is 3. The van der Waals surface area contributed by atoms with Crippen LogP contribution in [0.2, 0.25) is 5.02 Å². The third-order valence-corrected chi connectivity index (χ3v) is 5.15. The van der Waals surface area contributed by atoms with E-state index in [0.29, 0.717) is 35.8 Å². The predicted molar refractivity (Wildman–Crippen MR) is 118 cm³/mol. The van der Waals surface area contributed by atoms with Gasteiger partial charge in [-0.15, -0.1) is 0 Å². The Bertz CT molecular complexity index is 1070. The van der Waals surface area contributed by atoms with Gasteiger partial charge in [-0.3, -0.25) is 9.59 Å². The maximum atomic E-state index is 12.5. The van der Waals surface area contributed by atoms with Crippen LogP contribution in [0.15, 0.2) is 72.8 Å². The van der Waals surface area contributed by atoms with Gasteiger partial charge in [0.2, 0.25) is 5.91 Å². The van der Waals surface area contributed by atoms with E-state index in [-0.39, 0.29) is 18.4 Å². The first kappa shape index (κ1) is 20.0. The van der Waals surface area contributed by atoms with E-state index in [0.717, 1.165) is 16.8 Å². The molecule has 1 aliphatic heterocycles. The molecular formula is C24H21ClN2O3. The summed E-state index contributed by atoms with van der Waals surface area (Å²) in [6.07, 6.45) is 1.11. The van der Waals surface area contributed by atoms with Crippen LogP contribution in [0.4, 0.5) is 11.4 Å². The second-order valence-electron chi connectivity index (χ2n) is 7.10. The molecule has 0 saturated carbocycles. The minimum atomic E-state index is -0.261. The minimum absolute atomic E-state index is 0.109. The first-order chi connectivity index (χ1) is 14.6. The SMILES string of the molecule is O=C(COc1cccc(Cl)c1)Nc1ccc2c(c1)CCC(=O)N2Cc1ccccc1. The van der Waals surface area contributed by atoms with E-state index < -0.39 is 0 Å². The van der Waals surface area contributed by atoms with Crippen molar-refractivity contribution in [1.29, 1.82) is 0 Å². The summed E-state index contributed by atoms with van der Waals surface area (Å²) in [4.78, 5) is 26.6. The second kappa shape index (κ2) is 9.01. The summed E-state index contributed by atoms with van der Waals surface area (Å²) in [6.45, 7) is 0.419. The third-order valence-electron chi connectivity index (χ3n) is 4.91. The zero-order chi connectivity index (χ0) is 20.9. The Labute approximate surface area is 180 Å². The van der Waals surface area contributed by atoms with Gasteiger partial charge >= 0.3 is 0 Å². The van der Waals surface area contributed by atoms with Gasteiger partial charge in [-0.05, 0) is 53.9 Å². The van der Waals surface area contributed by atoms with E-state index in [1.807, 2.05) is 53.4 Å².